The van der Waals surface area contributed by atoms with E-state index in [9.17, 15) is 0 Å². The van der Waals surface area contributed by atoms with Crippen molar-refractivity contribution in [2.24, 2.45) is 5.92 Å². The molecule has 2 atom stereocenters. The highest BCUT2D eigenvalue weighted by Gasteiger charge is 2.04. The van der Waals surface area contributed by atoms with Gasteiger partial charge in [0.1, 0.15) is 0 Å². The quantitative estimate of drug-likeness (QED) is 0.554. The van der Waals surface area contributed by atoms with E-state index in [0.717, 1.165) is 5.92 Å². The summed E-state index contributed by atoms with van der Waals surface area (Å²) < 4.78 is 0. The van der Waals surface area contributed by atoms with Crippen molar-refractivity contribution in [1.29, 1.82) is 0 Å². The molecule has 0 bridgehead atoms. The lowest BCUT2D eigenvalue weighted by molar-refractivity contribution is 0.417. The van der Waals surface area contributed by atoms with Gasteiger partial charge in [0.25, 0.3) is 0 Å². The zero-order valence-electron chi connectivity index (χ0n) is 10.6. The lowest BCUT2D eigenvalue weighted by Gasteiger charge is -2.17. The van der Waals surface area contributed by atoms with Crippen LogP contribution in [0.15, 0.2) is 0 Å². The average molecular weight is 199 g/mol. The van der Waals surface area contributed by atoms with E-state index in [1.54, 1.807) is 0 Å². The Hall–Kier alpha value is -0.0400. The smallest absolute Gasteiger partial charge is 0.00388 e. The van der Waals surface area contributed by atoms with Gasteiger partial charge < -0.3 is 5.32 Å². The first-order chi connectivity index (χ1) is 6.70. The topological polar surface area (TPSA) is 12.0 Å². The molecule has 0 fully saturated rings. The molecule has 0 aliphatic carbocycles. The standard InChI is InChI=1S/C13H29N/c1-5-7-8-10-13(4)14-11-12(3)9-6-2/h12-14H,5-11H2,1-4H3. The van der Waals surface area contributed by atoms with E-state index in [0.29, 0.717) is 6.04 Å². The third-order valence-corrected chi connectivity index (χ3v) is 2.84. The van der Waals surface area contributed by atoms with Crippen LogP contribution < -0.4 is 5.32 Å². The lowest BCUT2D eigenvalue weighted by Crippen LogP contribution is -2.30. The predicted molar refractivity (Wildman–Crippen MR) is 65.7 cm³/mol. The van der Waals surface area contributed by atoms with Crippen LogP contribution in [-0.4, -0.2) is 12.6 Å². The summed E-state index contributed by atoms with van der Waals surface area (Å²) in [7, 11) is 0. The highest BCUT2D eigenvalue weighted by atomic mass is 14.9. The molecule has 0 spiro atoms. The average Bonchev–Trinajstić information content (AvgIpc) is 2.16. The van der Waals surface area contributed by atoms with Crippen LogP contribution in [0.4, 0.5) is 0 Å². The summed E-state index contributed by atoms with van der Waals surface area (Å²) in [6.07, 6.45) is 8.11. The van der Waals surface area contributed by atoms with Gasteiger partial charge in [0.2, 0.25) is 0 Å². The summed E-state index contributed by atoms with van der Waals surface area (Å²) in [4.78, 5) is 0. The molecule has 0 rings (SSSR count). The number of rotatable bonds is 9. The fourth-order valence-corrected chi connectivity index (χ4v) is 1.80. The first-order valence-electron chi connectivity index (χ1n) is 6.44. The highest BCUT2D eigenvalue weighted by Crippen LogP contribution is 2.06. The molecular weight excluding hydrogens is 170 g/mol. The Morgan fingerprint density at radius 3 is 2.21 bits per heavy atom. The van der Waals surface area contributed by atoms with Gasteiger partial charge in [-0.25, -0.2) is 0 Å². The van der Waals surface area contributed by atoms with Gasteiger partial charge in [0, 0.05) is 6.04 Å². The zero-order valence-corrected chi connectivity index (χ0v) is 10.6. The fraction of sp³-hybridized carbons (Fsp3) is 1.00. The van der Waals surface area contributed by atoms with Gasteiger partial charge in [0.15, 0.2) is 0 Å². The minimum atomic E-state index is 0.709. The van der Waals surface area contributed by atoms with Crippen molar-refractivity contribution >= 4 is 0 Å². The summed E-state index contributed by atoms with van der Waals surface area (Å²) in [5.74, 6) is 0.841. The van der Waals surface area contributed by atoms with Crippen molar-refractivity contribution in [3.8, 4) is 0 Å². The molecule has 0 saturated heterocycles. The monoisotopic (exact) mass is 199 g/mol. The Kier molecular flexibility index (Phi) is 9.49. The van der Waals surface area contributed by atoms with Gasteiger partial charge >= 0.3 is 0 Å². The molecule has 0 aliphatic rings. The maximum Gasteiger partial charge on any atom is 0.00388 e. The zero-order chi connectivity index (χ0) is 10.8. The summed E-state index contributed by atoms with van der Waals surface area (Å²) in [5.41, 5.74) is 0. The predicted octanol–water partition coefficient (Wildman–Crippen LogP) is 3.98. The van der Waals surface area contributed by atoms with E-state index < -0.39 is 0 Å². The molecule has 0 aliphatic heterocycles. The van der Waals surface area contributed by atoms with Crippen LogP contribution in [0.3, 0.4) is 0 Å². The van der Waals surface area contributed by atoms with Crippen LogP contribution in [0.25, 0.3) is 0 Å². The second-order valence-corrected chi connectivity index (χ2v) is 4.70. The first kappa shape index (κ1) is 14.0. The third kappa shape index (κ3) is 8.55. The van der Waals surface area contributed by atoms with Crippen LogP contribution in [0, 0.1) is 5.92 Å². The number of nitrogens with one attached hydrogen (secondary N) is 1. The normalized spacial score (nSPS) is 15.4. The number of hydrogen-bond acceptors (Lipinski definition) is 1. The Morgan fingerprint density at radius 2 is 1.64 bits per heavy atom. The molecule has 14 heavy (non-hydrogen) atoms. The molecule has 0 aromatic rings. The van der Waals surface area contributed by atoms with E-state index in [1.807, 2.05) is 0 Å². The first-order valence-corrected chi connectivity index (χ1v) is 6.44. The van der Waals surface area contributed by atoms with Crippen molar-refractivity contribution in [3.63, 3.8) is 0 Å². The summed E-state index contributed by atoms with van der Waals surface area (Å²) in [5, 5.41) is 3.63. The minimum absolute atomic E-state index is 0.709. The lowest BCUT2D eigenvalue weighted by atomic mass is 10.0. The van der Waals surface area contributed by atoms with Crippen molar-refractivity contribution in [3.05, 3.63) is 0 Å². The van der Waals surface area contributed by atoms with Gasteiger partial charge in [-0.2, -0.15) is 0 Å². The Balaban J connectivity index is 3.29. The van der Waals surface area contributed by atoms with Crippen molar-refractivity contribution in [1.82, 2.24) is 5.32 Å². The van der Waals surface area contributed by atoms with E-state index in [4.69, 9.17) is 0 Å². The SMILES string of the molecule is CCCCCC(C)NCC(C)CCC. The molecule has 0 aromatic heterocycles. The molecular formula is C13H29N. The van der Waals surface area contributed by atoms with Crippen LogP contribution in [0.1, 0.15) is 66.2 Å². The van der Waals surface area contributed by atoms with E-state index in [1.165, 1.54) is 45.1 Å². The number of unbranched alkanes of at least 4 members (excludes halogenated alkanes) is 2. The fourth-order valence-electron chi connectivity index (χ4n) is 1.80. The van der Waals surface area contributed by atoms with E-state index >= 15 is 0 Å². The second-order valence-electron chi connectivity index (χ2n) is 4.70. The summed E-state index contributed by atoms with van der Waals surface area (Å²) in [6.45, 7) is 10.4. The molecule has 0 saturated carbocycles. The Labute approximate surface area is 90.7 Å². The maximum absolute atomic E-state index is 3.63. The maximum atomic E-state index is 3.63. The van der Waals surface area contributed by atoms with Gasteiger partial charge in [-0.05, 0) is 32.2 Å². The summed E-state index contributed by atoms with van der Waals surface area (Å²) >= 11 is 0. The number of hydrogen-bond donors (Lipinski definition) is 1. The molecule has 0 amide bonds. The second kappa shape index (κ2) is 9.51. The van der Waals surface area contributed by atoms with Crippen molar-refractivity contribution in [2.45, 2.75) is 72.3 Å². The van der Waals surface area contributed by atoms with E-state index in [2.05, 4.69) is 33.0 Å². The molecule has 1 N–H and O–H groups in total. The van der Waals surface area contributed by atoms with Crippen LogP contribution in [0.2, 0.25) is 0 Å². The van der Waals surface area contributed by atoms with Crippen LogP contribution in [-0.2, 0) is 0 Å². The van der Waals surface area contributed by atoms with Crippen LogP contribution >= 0.6 is 0 Å². The molecule has 0 heterocycles. The van der Waals surface area contributed by atoms with E-state index in [-0.39, 0.29) is 0 Å². The molecule has 1 heteroatoms. The van der Waals surface area contributed by atoms with Crippen LogP contribution in [0.5, 0.6) is 0 Å². The van der Waals surface area contributed by atoms with Crippen molar-refractivity contribution in [2.75, 3.05) is 6.54 Å². The Morgan fingerprint density at radius 1 is 0.929 bits per heavy atom. The summed E-state index contributed by atoms with van der Waals surface area (Å²) in [6, 6.07) is 0.709. The van der Waals surface area contributed by atoms with Gasteiger partial charge in [-0.1, -0.05) is 46.5 Å². The van der Waals surface area contributed by atoms with Gasteiger partial charge in [0.05, 0.1) is 0 Å². The highest BCUT2D eigenvalue weighted by molar-refractivity contribution is 4.63. The van der Waals surface area contributed by atoms with Gasteiger partial charge in [-0.15, -0.1) is 0 Å². The third-order valence-electron chi connectivity index (χ3n) is 2.84. The molecule has 0 radical (unpaired) electrons. The Bertz CT molecular complexity index is 112. The molecule has 1 nitrogen and oxygen atoms in total. The minimum Gasteiger partial charge on any atom is -0.314 e. The largest absolute Gasteiger partial charge is 0.314 e. The molecule has 2 unspecified atom stereocenters. The van der Waals surface area contributed by atoms with Gasteiger partial charge in [-0.3, -0.25) is 0 Å². The van der Waals surface area contributed by atoms with Crippen molar-refractivity contribution < 1.29 is 0 Å². The molecule has 86 valence electrons. The molecule has 0 aromatic carbocycles.